The molecule has 0 radical (unpaired) electrons. The second-order valence-corrected chi connectivity index (χ2v) is 7.39. The van der Waals surface area contributed by atoms with E-state index in [4.69, 9.17) is 4.74 Å². The fraction of sp³-hybridized carbons (Fsp3) is 0.235. The zero-order chi connectivity index (χ0) is 17.3. The summed E-state index contributed by atoms with van der Waals surface area (Å²) in [5.41, 5.74) is 1.69. The Bertz CT molecular complexity index is 879. The zero-order valence-electron chi connectivity index (χ0n) is 13.3. The first-order chi connectivity index (χ1) is 11.4. The molecule has 24 heavy (non-hydrogen) atoms. The maximum absolute atomic E-state index is 14.1. The molecule has 0 aliphatic carbocycles. The van der Waals surface area contributed by atoms with Crippen LogP contribution in [-0.2, 0) is 10.0 Å². The van der Waals surface area contributed by atoms with Gasteiger partial charge in [-0.2, -0.15) is 9.52 Å². The summed E-state index contributed by atoms with van der Waals surface area (Å²) in [4.78, 5) is 0. The van der Waals surface area contributed by atoms with Crippen LogP contribution in [0.3, 0.4) is 0 Å². The lowest BCUT2D eigenvalue weighted by atomic mass is 9.99. The number of nitrogens with zero attached hydrogens (tertiary/aromatic N) is 2. The van der Waals surface area contributed by atoms with Crippen LogP contribution in [0.5, 0.6) is 5.75 Å². The lowest BCUT2D eigenvalue weighted by Gasteiger charge is -2.21. The quantitative estimate of drug-likeness (QED) is 0.853. The number of rotatable bonds is 4. The number of ether oxygens (including phenoxy) is 1. The molecule has 1 aliphatic rings. The van der Waals surface area contributed by atoms with E-state index in [2.05, 4.69) is 5.10 Å². The van der Waals surface area contributed by atoms with Gasteiger partial charge in [-0.3, -0.25) is 0 Å². The molecule has 0 N–H and O–H groups in total. The predicted octanol–water partition coefficient (Wildman–Crippen LogP) is 2.95. The van der Waals surface area contributed by atoms with Gasteiger partial charge in [0.15, 0.2) is 0 Å². The Kier molecular flexibility index (Phi) is 4.28. The first-order valence-electron chi connectivity index (χ1n) is 7.36. The van der Waals surface area contributed by atoms with Gasteiger partial charge in [0.25, 0.3) is 0 Å². The Labute approximate surface area is 140 Å². The topological polar surface area (TPSA) is 59.0 Å². The van der Waals surface area contributed by atoms with Crippen molar-refractivity contribution >= 4 is 15.7 Å². The van der Waals surface area contributed by atoms with Gasteiger partial charge >= 0.3 is 0 Å². The molecule has 2 aromatic rings. The molecular formula is C17H17FN2O3S. The van der Waals surface area contributed by atoms with Gasteiger partial charge in [0, 0.05) is 12.0 Å². The van der Waals surface area contributed by atoms with Gasteiger partial charge < -0.3 is 4.74 Å². The fourth-order valence-electron chi connectivity index (χ4n) is 2.73. The van der Waals surface area contributed by atoms with Crippen LogP contribution in [0.15, 0.2) is 53.6 Å². The van der Waals surface area contributed by atoms with E-state index >= 15 is 0 Å². The highest BCUT2D eigenvalue weighted by molar-refractivity contribution is 7.88. The molecule has 0 amide bonds. The van der Waals surface area contributed by atoms with Gasteiger partial charge in [0.1, 0.15) is 11.6 Å². The second kappa shape index (κ2) is 6.24. The van der Waals surface area contributed by atoms with Gasteiger partial charge in [-0.15, -0.1) is 0 Å². The van der Waals surface area contributed by atoms with Crippen molar-refractivity contribution in [2.45, 2.75) is 12.5 Å². The third-order valence-corrected chi connectivity index (χ3v) is 4.92. The predicted molar refractivity (Wildman–Crippen MR) is 90.0 cm³/mol. The van der Waals surface area contributed by atoms with E-state index in [0.717, 1.165) is 16.2 Å². The molecule has 7 heteroatoms. The van der Waals surface area contributed by atoms with Crippen molar-refractivity contribution in [2.75, 3.05) is 13.4 Å². The normalized spacial score (nSPS) is 17.7. The Balaban J connectivity index is 2.00. The number of methoxy groups -OCH3 is 1. The molecule has 0 fully saturated rings. The molecule has 1 aliphatic heterocycles. The zero-order valence-corrected chi connectivity index (χ0v) is 14.1. The van der Waals surface area contributed by atoms with Crippen LogP contribution >= 0.6 is 0 Å². The minimum absolute atomic E-state index is 0.306. The molecule has 0 bridgehead atoms. The van der Waals surface area contributed by atoms with E-state index in [-0.39, 0.29) is 0 Å². The smallest absolute Gasteiger partial charge is 0.247 e. The third-order valence-electron chi connectivity index (χ3n) is 3.90. The van der Waals surface area contributed by atoms with Gasteiger partial charge in [-0.25, -0.2) is 12.8 Å². The highest BCUT2D eigenvalue weighted by atomic mass is 32.2. The van der Waals surface area contributed by atoms with Crippen LogP contribution in [0.4, 0.5) is 4.39 Å². The van der Waals surface area contributed by atoms with E-state index in [1.807, 2.05) is 12.1 Å². The summed E-state index contributed by atoms with van der Waals surface area (Å²) in [5.74, 6) is 0.255. The molecule has 1 atom stereocenters. The molecule has 126 valence electrons. The molecule has 0 saturated heterocycles. The minimum atomic E-state index is -3.62. The molecule has 1 heterocycles. The fourth-order valence-corrected chi connectivity index (χ4v) is 3.63. The number of hydrazone groups is 1. The number of benzene rings is 2. The Morgan fingerprint density at radius 2 is 1.83 bits per heavy atom. The average molecular weight is 348 g/mol. The lowest BCUT2D eigenvalue weighted by Crippen LogP contribution is -2.26. The highest BCUT2D eigenvalue weighted by Crippen LogP contribution is 2.35. The SMILES string of the molecule is COc1ccc(C2=NN(S(C)(=O)=O)[C@@H](c3ccccc3F)C2)cc1. The summed E-state index contributed by atoms with van der Waals surface area (Å²) in [7, 11) is -2.04. The minimum Gasteiger partial charge on any atom is -0.497 e. The molecule has 0 aromatic heterocycles. The molecule has 0 spiro atoms. The van der Waals surface area contributed by atoms with Crippen LogP contribution < -0.4 is 4.74 Å². The molecule has 0 unspecified atom stereocenters. The van der Waals surface area contributed by atoms with Gasteiger partial charge in [0.05, 0.1) is 25.1 Å². The Morgan fingerprint density at radius 3 is 2.42 bits per heavy atom. The average Bonchev–Trinajstić information content (AvgIpc) is 3.01. The number of halogens is 1. The van der Waals surface area contributed by atoms with Crippen LogP contribution in [-0.4, -0.2) is 31.9 Å². The maximum atomic E-state index is 14.1. The van der Waals surface area contributed by atoms with Crippen molar-refractivity contribution in [3.8, 4) is 5.75 Å². The van der Waals surface area contributed by atoms with Crippen molar-refractivity contribution < 1.29 is 17.5 Å². The summed E-state index contributed by atoms with van der Waals surface area (Å²) in [5, 5.41) is 4.24. The summed E-state index contributed by atoms with van der Waals surface area (Å²) in [6.45, 7) is 0. The Morgan fingerprint density at radius 1 is 1.17 bits per heavy atom. The lowest BCUT2D eigenvalue weighted by molar-refractivity contribution is 0.365. The Hall–Kier alpha value is -2.41. The number of hydrogen-bond acceptors (Lipinski definition) is 4. The van der Waals surface area contributed by atoms with Gasteiger partial charge in [-0.1, -0.05) is 18.2 Å². The van der Waals surface area contributed by atoms with Gasteiger partial charge in [0.2, 0.25) is 10.0 Å². The van der Waals surface area contributed by atoms with E-state index < -0.39 is 21.9 Å². The molecule has 2 aromatic carbocycles. The van der Waals surface area contributed by atoms with E-state index in [1.165, 1.54) is 6.07 Å². The van der Waals surface area contributed by atoms with Crippen LogP contribution in [0.25, 0.3) is 0 Å². The number of hydrogen-bond donors (Lipinski definition) is 0. The van der Waals surface area contributed by atoms with Gasteiger partial charge in [-0.05, 0) is 35.9 Å². The van der Waals surface area contributed by atoms with Crippen molar-refractivity contribution in [1.82, 2.24) is 4.41 Å². The van der Waals surface area contributed by atoms with E-state index in [0.29, 0.717) is 23.4 Å². The number of sulfonamides is 1. The second-order valence-electron chi connectivity index (χ2n) is 5.55. The summed E-state index contributed by atoms with van der Waals surface area (Å²) in [6.07, 6.45) is 1.38. The monoisotopic (exact) mass is 348 g/mol. The van der Waals surface area contributed by atoms with Crippen LogP contribution in [0.1, 0.15) is 23.6 Å². The van der Waals surface area contributed by atoms with Crippen molar-refractivity contribution in [3.05, 3.63) is 65.5 Å². The first-order valence-corrected chi connectivity index (χ1v) is 9.20. The highest BCUT2D eigenvalue weighted by Gasteiger charge is 2.35. The maximum Gasteiger partial charge on any atom is 0.247 e. The summed E-state index contributed by atoms with van der Waals surface area (Å²) in [6, 6.07) is 12.7. The standard InChI is InChI=1S/C17H17FN2O3S/c1-23-13-9-7-12(8-10-13)16-11-17(20(19-16)24(2,21)22)14-5-3-4-6-15(14)18/h3-10,17H,11H2,1-2H3/t17-/m1/s1. The van der Waals surface area contributed by atoms with Crippen molar-refractivity contribution in [3.63, 3.8) is 0 Å². The van der Waals surface area contributed by atoms with Crippen LogP contribution in [0, 0.1) is 5.82 Å². The van der Waals surface area contributed by atoms with Crippen molar-refractivity contribution in [2.24, 2.45) is 5.10 Å². The molecular weight excluding hydrogens is 331 g/mol. The first kappa shape index (κ1) is 16.4. The summed E-state index contributed by atoms with van der Waals surface area (Å²) >= 11 is 0. The van der Waals surface area contributed by atoms with Crippen molar-refractivity contribution in [1.29, 1.82) is 0 Å². The molecule has 5 nitrogen and oxygen atoms in total. The molecule has 0 saturated carbocycles. The third kappa shape index (κ3) is 3.12. The largest absolute Gasteiger partial charge is 0.497 e. The van der Waals surface area contributed by atoms with E-state index in [9.17, 15) is 12.8 Å². The molecule has 3 rings (SSSR count). The van der Waals surface area contributed by atoms with Crippen LogP contribution in [0.2, 0.25) is 0 Å². The summed E-state index contributed by atoms with van der Waals surface area (Å²) < 4.78 is 44.4. The van der Waals surface area contributed by atoms with E-state index in [1.54, 1.807) is 37.4 Å².